The van der Waals surface area contributed by atoms with Crippen LogP contribution in [0.1, 0.15) is 28.9 Å². The maximum Gasteiger partial charge on any atom is 0.264 e. The number of hydrogen-bond acceptors (Lipinski definition) is 6. The van der Waals surface area contributed by atoms with Crippen LogP contribution in [-0.2, 0) is 10.0 Å². The van der Waals surface area contributed by atoms with Gasteiger partial charge in [-0.3, -0.25) is 13.8 Å². The van der Waals surface area contributed by atoms with Gasteiger partial charge in [-0.2, -0.15) is 0 Å². The highest BCUT2D eigenvalue weighted by Crippen LogP contribution is 2.34. The van der Waals surface area contributed by atoms with Crippen LogP contribution in [0.5, 0.6) is 0 Å². The summed E-state index contributed by atoms with van der Waals surface area (Å²) in [6.45, 7) is 1.79. The van der Waals surface area contributed by atoms with Crippen LogP contribution in [0.2, 0.25) is 10.0 Å². The van der Waals surface area contributed by atoms with Crippen LogP contribution in [0.15, 0.2) is 71.6 Å². The number of nitrogens with zero attached hydrogens (tertiary/aromatic N) is 1. The third kappa shape index (κ3) is 5.29. The van der Waals surface area contributed by atoms with Gasteiger partial charge in [0.25, 0.3) is 15.9 Å². The van der Waals surface area contributed by atoms with E-state index >= 15 is 0 Å². The Morgan fingerprint density at radius 1 is 1.21 bits per heavy atom. The normalized spacial score (nSPS) is 15.8. The van der Waals surface area contributed by atoms with E-state index in [-0.39, 0.29) is 16.2 Å². The van der Waals surface area contributed by atoms with E-state index in [4.69, 9.17) is 23.2 Å². The fourth-order valence-corrected chi connectivity index (χ4v) is 6.31. The lowest BCUT2D eigenvalue weighted by Crippen LogP contribution is -2.29. The molecule has 4 rings (SSSR count). The Bertz CT molecular complexity index is 1330. The van der Waals surface area contributed by atoms with E-state index in [1.807, 2.05) is 0 Å². The summed E-state index contributed by atoms with van der Waals surface area (Å²) >= 11 is 15.5. The summed E-state index contributed by atoms with van der Waals surface area (Å²) < 4.78 is 34.4. The van der Waals surface area contributed by atoms with Gasteiger partial charge in [0.1, 0.15) is 4.91 Å². The molecular weight excluding hydrogens is 618 g/mol. The number of carbonyl (C=O) groups is 1. The summed E-state index contributed by atoms with van der Waals surface area (Å²) in [6, 6.07) is 9.53. The van der Waals surface area contributed by atoms with E-state index in [0.717, 1.165) is 3.57 Å². The molecule has 0 unspecified atom stereocenters. The van der Waals surface area contributed by atoms with Crippen molar-refractivity contribution >= 4 is 79.5 Å². The van der Waals surface area contributed by atoms with E-state index in [1.54, 1.807) is 66.1 Å². The first-order valence-corrected chi connectivity index (χ1v) is 13.6. The molecule has 2 aliphatic heterocycles. The van der Waals surface area contributed by atoms with Gasteiger partial charge in [-0.05, 0) is 77.6 Å². The highest BCUT2D eigenvalue weighted by Gasteiger charge is 2.30. The number of sulfonamides is 1. The number of halogens is 3. The van der Waals surface area contributed by atoms with Gasteiger partial charge in [0.05, 0.1) is 35.1 Å². The maximum atomic E-state index is 13.2. The number of fused-ring (bicyclic) bond motifs is 1. The Morgan fingerprint density at radius 2 is 2.00 bits per heavy atom. The molecule has 0 spiro atoms. The molecule has 12 heteroatoms. The second-order valence-electron chi connectivity index (χ2n) is 7.09. The van der Waals surface area contributed by atoms with Crippen LogP contribution >= 0.6 is 57.9 Å². The van der Waals surface area contributed by atoms with E-state index in [1.165, 1.54) is 18.2 Å². The average Bonchev–Trinajstić information content (AvgIpc) is 3.22. The molecule has 172 valence electrons. The van der Waals surface area contributed by atoms with Gasteiger partial charge in [0, 0.05) is 26.0 Å². The molecule has 0 saturated heterocycles. The number of nitrogens with one attached hydrogen (secondary N) is 3. The molecular formula is C21H17Cl2IN4O3S2. The summed E-state index contributed by atoms with van der Waals surface area (Å²) in [5.41, 5.74) is 1.56. The van der Waals surface area contributed by atoms with Gasteiger partial charge in [0.2, 0.25) is 0 Å². The molecule has 3 N–H and O–H groups in total. The summed E-state index contributed by atoms with van der Waals surface area (Å²) in [6.07, 6.45) is 6.52. The molecule has 2 heterocycles. The summed E-state index contributed by atoms with van der Waals surface area (Å²) in [5, 5.41) is 3.79. The second-order valence-corrected chi connectivity index (χ2v) is 11.6. The zero-order chi connectivity index (χ0) is 23.8. The van der Waals surface area contributed by atoms with Gasteiger partial charge < -0.3 is 10.0 Å². The Morgan fingerprint density at radius 3 is 2.76 bits per heavy atom. The zero-order valence-corrected chi connectivity index (χ0v) is 22.3. The van der Waals surface area contributed by atoms with Crippen LogP contribution in [0.3, 0.4) is 0 Å². The van der Waals surface area contributed by atoms with Crippen molar-refractivity contribution in [1.82, 2.24) is 14.3 Å². The third-order valence-corrected chi connectivity index (χ3v) is 8.23. The third-order valence-electron chi connectivity index (χ3n) is 4.84. The molecule has 33 heavy (non-hydrogen) atoms. The van der Waals surface area contributed by atoms with Crippen molar-refractivity contribution in [2.45, 2.75) is 13.0 Å². The van der Waals surface area contributed by atoms with E-state index in [2.05, 4.69) is 37.4 Å². The van der Waals surface area contributed by atoms with Crippen molar-refractivity contribution in [3.63, 3.8) is 0 Å². The van der Waals surface area contributed by atoms with Crippen molar-refractivity contribution in [1.29, 1.82) is 0 Å². The van der Waals surface area contributed by atoms with Crippen LogP contribution < -0.4 is 14.8 Å². The first kappa shape index (κ1) is 24.3. The minimum atomic E-state index is -3.98. The SMILES string of the molecule is C[C@@H](NC(=O)c1ccc(I)cc1NS(=O)(=O)C1=CC=CN2SNC=C12)c1ccc(Cl)cc1Cl. The first-order valence-electron chi connectivity index (χ1n) is 9.54. The number of hydrogen-bond donors (Lipinski definition) is 3. The largest absolute Gasteiger partial charge is 0.345 e. The molecule has 1 atom stereocenters. The van der Waals surface area contributed by atoms with Crippen molar-refractivity contribution in [3.8, 4) is 0 Å². The van der Waals surface area contributed by atoms with Crippen LogP contribution in [0, 0.1) is 3.57 Å². The van der Waals surface area contributed by atoms with E-state index in [0.29, 0.717) is 21.3 Å². The van der Waals surface area contributed by atoms with E-state index < -0.39 is 22.0 Å². The fourth-order valence-electron chi connectivity index (χ4n) is 3.27. The smallest absolute Gasteiger partial charge is 0.264 e. The molecule has 0 aromatic heterocycles. The van der Waals surface area contributed by atoms with Crippen molar-refractivity contribution in [2.24, 2.45) is 0 Å². The standard InChI is InChI=1S/C21H17Cl2IN4O3S2/c1-12(15-6-4-13(22)9-17(15)23)26-21(29)16-7-5-14(24)10-18(16)27-33(30,31)20-3-2-8-28-19(20)11-25-32-28/h2-12,25,27H,1H3,(H,26,29)/t12-/m1/s1. The number of anilines is 1. The molecule has 0 saturated carbocycles. The lowest BCUT2D eigenvalue weighted by molar-refractivity contribution is 0.0941. The molecule has 2 aromatic rings. The van der Waals surface area contributed by atoms with Crippen molar-refractivity contribution < 1.29 is 13.2 Å². The number of rotatable bonds is 6. The molecule has 1 amide bonds. The fraction of sp³-hybridized carbons (Fsp3) is 0.0952. The van der Waals surface area contributed by atoms with Crippen LogP contribution in [0.4, 0.5) is 5.69 Å². The molecule has 2 aliphatic rings. The highest BCUT2D eigenvalue weighted by atomic mass is 127. The molecule has 0 aliphatic carbocycles. The minimum absolute atomic E-state index is 0.0917. The zero-order valence-electron chi connectivity index (χ0n) is 17.0. The molecule has 0 fully saturated rings. The lowest BCUT2D eigenvalue weighted by Gasteiger charge is -2.22. The topological polar surface area (TPSA) is 90.5 Å². The monoisotopic (exact) mass is 634 g/mol. The van der Waals surface area contributed by atoms with Crippen LogP contribution in [0.25, 0.3) is 0 Å². The van der Waals surface area contributed by atoms with Crippen molar-refractivity contribution in [3.05, 3.63) is 96.3 Å². The van der Waals surface area contributed by atoms with Gasteiger partial charge >= 0.3 is 0 Å². The summed E-state index contributed by atoms with van der Waals surface area (Å²) in [4.78, 5) is 13.2. The average molecular weight is 635 g/mol. The first-order chi connectivity index (χ1) is 15.7. The predicted molar refractivity (Wildman–Crippen MR) is 142 cm³/mol. The van der Waals surface area contributed by atoms with E-state index in [9.17, 15) is 13.2 Å². The molecule has 0 radical (unpaired) electrons. The van der Waals surface area contributed by atoms with Gasteiger partial charge in [-0.1, -0.05) is 29.3 Å². The Hall–Kier alpha value is -1.86. The summed E-state index contributed by atoms with van der Waals surface area (Å²) in [5.74, 6) is -0.445. The Kier molecular flexibility index (Phi) is 7.20. The molecule has 2 aromatic carbocycles. The molecule has 7 nitrogen and oxygen atoms in total. The Labute approximate surface area is 219 Å². The summed E-state index contributed by atoms with van der Waals surface area (Å²) in [7, 11) is -3.98. The van der Waals surface area contributed by atoms with Crippen LogP contribution in [-0.4, -0.2) is 18.6 Å². The number of amides is 1. The highest BCUT2D eigenvalue weighted by molar-refractivity contribution is 14.1. The quantitative estimate of drug-likeness (QED) is 0.285. The number of benzene rings is 2. The maximum absolute atomic E-state index is 13.2. The minimum Gasteiger partial charge on any atom is -0.345 e. The van der Waals surface area contributed by atoms with Crippen molar-refractivity contribution in [2.75, 3.05) is 4.72 Å². The second kappa shape index (κ2) is 9.79. The van der Waals surface area contributed by atoms with Gasteiger partial charge in [0.15, 0.2) is 0 Å². The Balaban J connectivity index is 1.60. The number of allylic oxidation sites excluding steroid dienone is 2. The number of carbonyl (C=O) groups excluding carboxylic acids is 1. The van der Waals surface area contributed by atoms with Gasteiger partial charge in [-0.25, -0.2) is 8.42 Å². The van der Waals surface area contributed by atoms with Gasteiger partial charge in [-0.15, -0.1) is 0 Å². The lowest BCUT2D eigenvalue weighted by atomic mass is 10.1. The predicted octanol–water partition coefficient (Wildman–Crippen LogP) is 5.55. The molecule has 0 bridgehead atoms.